The SMILES string of the molecule is C[Si]1(C)c2ccccc2N(c2cccc3c2Sc2cccc4c2[Si]3(c2ccccc2)c2cccc(N3c5ccccc5[Si](C)(C)c5ccccc53)c2S4)c2ccccc21. The average Bonchev–Trinajstić information content (AvgIpc) is 3.27. The Morgan fingerprint density at radius 2 is 0.644 bits per heavy atom. The largest absolute Gasteiger partial charge is 0.310 e. The van der Waals surface area contributed by atoms with Gasteiger partial charge in [0.15, 0.2) is 8.07 Å². The molecule has 4 heterocycles. The summed E-state index contributed by atoms with van der Waals surface area (Å²) >= 11 is 3.97. The second-order valence-electron chi connectivity index (χ2n) is 17.2. The highest BCUT2D eigenvalue weighted by molar-refractivity contribution is 8.01. The van der Waals surface area contributed by atoms with Crippen molar-refractivity contribution in [3.05, 3.63) is 182 Å². The van der Waals surface area contributed by atoms with E-state index in [1.165, 1.54) is 95.2 Å². The van der Waals surface area contributed by atoms with Crippen LogP contribution in [0.4, 0.5) is 34.1 Å². The van der Waals surface area contributed by atoms with E-state index in [0.717, 1.165) is 0 Å². The summed E-state index contributed by atoms with van der Waals surface area (Å²) < 4.78 is 0. The third-order valence-corrected chi connectivity index (χ3v) is 28.7. The van der Waals surface area contributed by atoms with Gasteiger partial charge >= 0.3 is 0 Å². The van der Waals surface area contributed by atoms with Gasteiger partial charge < -0.3 is 9.80 Å². The summed E-state index contributed by atoms with van der Waals surface area (Å²) in [4.78, 5) is 10.7. The van der Waals surface area contributed by atoms with Crippen LogP contribution < -0.4 is 51.3 Å². The summed E-state index contributed by atoms with van der Waals surface area (Å²) in [5, 5.41) is 11.9. The monoisotopic (exact) mass is 842 g/mol. The molecule has 0 fully saturated rings. The molecule has 0 N–H and O–H groups in total. The third-order valence-electron chi connectivity index (χ3n) is 13.5. The van der Waals surface area contributed by atoms with Crippen LogP contribution >= 0.6 is 23.5 Å². The molecule has 59 heavy (non-hydrogen) atoms. The first-order chi connectivity index (χ1) is 28.8. The van der Waals surface area contributed by atoms with E-state index < -0.39 is 24.2 Å². The Bertz CT molecular complexity index is 2770. The van der Waals surface area contributed by atoms with Gasteiger partial charge in [0.2, 0.25) is 0 Å². The maximum atomic E-state index is 2.61. The molecule has 284 valence electrons. The Hall–Kier alpha value is -5.29. The van der Waals surface area contributed by atoms with Crippen LogP contribution in [0.15, 0.2) is 202 Å². The van der Waals surface area contributed by atoms with Crippen LogP contribution in [-0.4, -0.2) is 24.2 Å². The van der Waals surface area contributed by atoms with Gasteiger partial charge in [0.05, 0.1) is 11.4 Å². The molecule has 8 aromatic carbocycles. The van der Waals surface area contributed by atoms with Gasteiger partial charge in [-0.25, -0.2) is 0 Å². The molecule has 0 aliphatic carbocycles. The number of para-hydroxylation sites is 4. The summed E-state index contributed by atoms with van der Waals surface area (Å²) in [6.45, 7) is 10.1. The molecule has 8 aromatic rings. The van der Waals surface area contributed by atoms with Gasteiger partial charge in [-0.3, -0.25) is 0 Å². The van der Waals surface area contributed by atoms with E-state index in [4.69, 9.17) is 0 Å². The minimum Gasteiger partial charge on any atom is -0.310 e. The fourth-order valence-electron chi connectivity index (χ4n) is 10.9. The van der Waals surface area contributed by atoms with Crippen molar-refractivity contribution in [3.63, 3.8) is 0 Å². The van der Waals surface area contributed by atoms with Crippen molar-refractivity contribution in [2.24, 2.45) is 0 Å². The predicted octanol–water partition coefficient (Wildman–Crippen LogP) is 9.20. The van der Waals surface area contributed by atoms with Crippen molar-refractivity contribution in [1.29, 1.82) is 0 Å². The van der Waals surface area contributed by atoms with Gasteiger partial charge in [0.25, 0.3) is 0 Å². The number of nitrogens with zero attached hydrogens (tertiary/aromatic N) is 2. The maximum Gasteiger partial charge on any atom is 0.184 e. The molecule has 7 heteroatoms. The quantitative estimate of drug-likeness (QED) is 0.164. The summed E-state index contributed by atoms with van der Waals surface area (Å²) in [7, 11) is -6.86. The smallest absolute Gasteiger partial charge is 0.184 e. The molecule has 0 amide bonds. The van der Waals surface area contributed by atoms with E-state index in [1.54, 1.807) is 0 Å². The molecule has 0 atom stereocenters. The number of fused-ring (bicyclic) bond motifs is 8. The summed E-state index contributed by atoms with van der Waals surface area (Å²) in [6, 6.07) is 70.1. The first-order valence-corrected chi connectivity index (χ1v) is 30.2. The fraction of sp³-hybridized carbons (Fsp3) is 0.0769. The van der Waals surface area contributed by atoms with Gasteiger partial charge in [-0.1, -0.05) is 183 Å². The highest BCUT2D eigenvalue weighted by Crippen LogP contribution is 2.51. The lowest BCUT2D eigenvalue weighted by Gasteiger charge is -2.47. The lowest BCUT2D eigenvalue weighted by atomic mass is 10.1. The van der Waals surface area contributed by atoms with E-state index in [0.29, 0.717) is 0 Å². The van der Waals surface area contributed by atoms with Gasteiger partial charge in [0.1, 0.15) is 16.1 Å². The van der Waals surface area contributed by atoms with Crippen LogP contribution in [0.2, 0.25) is 26.2 Å². The first-order valence-electron chi connectivity index (χ1n) is 20.6. The molecule has 0 bridgehead atoms. The molecule has 4 aliphatic rings. The van der Waals surface area contributed by atoms with Crippen LogP contribution in [0, 0.1) is 0 Å². The Balaban J connectivity index is 1.17. The predicted molar refractivity (Wildman–Crippen MR) is 261 cm³/mol. The van der Waals surface area contributed by atoms with Crippen LogP contribution in [0.25, 0.3) is 0 Å². The lowest BCUT2D eigenvalue weighted by molar-refractivity contribution is 1.22. The zero-order valence-electron chi connectivity index (χ0n) is 33.5. The average molecular weight is 843 g/mol. The fourth-order valence-corrected chi connectivity index (χ4v) is 26.4. The Labute approximate surface area is 358 Å². The van der Waals surface area contributed by atoms with E-state index in [9.17, 15) is 0 Å². The molecule has 2 nitrogen and oxygen atoms in total. The van der Waals surface area contributed by atoms with Gasteiger partial charge in [-0.15, -0.1) is 0 Å². The molecule has 0 spiro atoms. The van der Waals surface area contributed by atoms with Crippen molar-refractivity contribution >= 4 is 123 Å². The van der Waals surface area contributed by atoms with Crippen molar-refractivity contribution in [2.45, 2.75) is 45.8 Å². The number of rotatable bonds is 3. The van der Waals surface area contributed by atoms with Crippen LogP contribution in [-0.2, 0) is 0 Å². The number of hydrogen-bond donors (Lipinski definition) is 0. The molecule has 0 radical (unpaired) electrons. The standard InChI is InChI=1S/C52H42N2S2Si3/c1-57(2)44-29-12-8-21-36(44)53(37-22-9-13-30-45(37)57)40-25-16-33-48-50(40)55-42-27-18-28-43-52(42)59(48,35-19-6-5-7-20-35)49-34-17-26-41(51(49)56-43)54-38-23-10-14-31-46(38)58(3,4)47-32-15-11-24-39(47)54/h5-34H,1-4H3. The molecule has 4 aliphatic heterocycles. The van der Waals surface area contributed by atoms with Crippen LogP contribution in [0.5, 0.6) is 0 Å². The van der Waals surface area contributed by atoms with Crippen LogP contribution in [0.3, 0.4) is 0 Å². The lowest BCUT2D eigenvalue weighted by Crippen LogP contribution is -2.78. The Morgan fingerprint density at radius 1 is 0.322 bits per heavy atom. The summed E-state index contributed by atoms with van der Waals surface area (Å²) in [6.07, 6.45) is 0. The second kappa shape index (κ2) is 12.9. The normalized spacial score (nSPS) is 16.7. The topological polar surface area (TPSA) is 6.48 Å². The minimum atomic E-state index is -2.94. The van der Waals surface area contributed by atoms with Crippen molar-refractivity contribution in [1.82, 2.24) is 0 Å². The summed E-state index contributed by atoms with van der Waals surface area (Å²) in [5.41, 5.74) is 7.84. The number of hydrogen-bond acceptors (Lipinski definition) is 4. The zero-order valence-corrected chi connectivity index (χ0v) is 38.2. The second-order valence-corrected chi connectivity index (χ2v) is 31.7. The highest BCUT2D eigenvalue weighted by atomic mass is 32.2. The molecule has 0 saturated carbocycles. The molecular weight excluding hydrogens is 801 g/mol. The van der Waals surface area contributed by atoms with E-state index >= 15 is 0 Å². The van der Waals surface area contributed by atoms with E-state index in [2.05, 4.69) is 218 Å². The van der Waals surface area contributed by atoms with Crippen molar-refractivity contribution < 1.29 is 0 Å². The van der Waals surface area contributed by atoms with Crippen molar-refractivity contribution in [2.75, 3.05) is 9.80 Å². The third kappa shape index (κ3) is 4.76. The van der Waals surface area contributed by atoms with E-state index in [-0.39, 0.29) is 0 Å². The number of benzene rings is 8. The maximum absolute atomic E-state index is 2.94. The van der Waals surface area contributed by atoms with Gasteiger partial charge in [0, 0.05) is 42.3 Å². The molecule has 12 rings (SSSR count). The Kier molecular flexibility index (Phi) is 7.76. The van der Waals surface area contributed by atoms with E-state index in [1.807, 2.05) is 23.5 Å². The highest BCUT2D eigenvalue weighted by Gasteiger charge is 2.53. The molecular formula is C52H42N2S2Si3. The number of anilines is 6. The zero-order chi connectivity index (χ0) is 39.7. The molecule has 0 unspecified atom stereocenters. The van der Waals surface area contributed by atoms with Gasteiger partial charge in [-0.05, 0) is 90.0 Å². The molecule has 0 saturated heterocycles. The Morgan fingerprint density at radius 3 is 1.05 bits per heavy atom. The summed E-state index contributed by atoms with van der Waals surface area (Å²) in [5.74, 6) is 0. The first kappa shape index (κ1) is 35.6. The van der Waals surface area contributed by atoms with Gasteiger partial charge in [-0.2, -0.15) is 0 Å². The van der Waals surface area contributed by atoms with Crippen molar-refractivity contribution in [3.8, 4) is 0 Å². The minimum absolute atomic E-state index is 1.28. The molecule has 0 aromatic heterocycles. The van der Waals surface area contributed by atoms with Crippen LogP contribution in [0.1, 0.15) is 0 Å².